The third-order valence-electron chi connectivity index (χ3n) is 4.13. The van der Waals surface area contributed by atoms with Crippen LogP contribution in [-0.2, 0) is 15.4 Å². The number of benzene rings is 2. The molecule has 0 saturated heterocycles. The number of hydrogen-bond acceptors (Lipinski definition) is 6. The Kier molecular flexibility index (Phi) is 6.08. The third kappa shape index (κ3) is 4.86. The van der Waals surface area contributed by atoms with Gasteiger partial charge in [0.2, 0.25) is 0 Å². The van der Waals surface area contributed by atoms with E-state index in [4.69, 9.17) is 4.74 Å². The number of ether oxygens (including phenoxy) is 1. The molecule has 0 aliphatic carbocycles. The molecule has 1 N–H and O–H groups in total. The summed E-state index contributed by atoms with van der Waals surface area (Å²) in [5.41, 5.74) is 1.39. The van der Waals surface area contributed by atoms with E-state index in [1.165, 1.54) is 31.5 Å². The van der Waals surface area contributed by atoms with Crippen molar-refractivity contribution in [1.82, 2.24) is 4.83 Å². The number of sulfonamides is 1. The van der Waals surface area contributed by atoms with Crippen molar-refractivity contribution in [2.24, 2.45) is 5.10 Å². The van der Waals surface area contributed by atoms with Crippen molar-refractivity contribution in [2.45, 2.75) is 38.0 Å². The fourth-order valence-corrected chi connectivity index (χ4v) is 3.57. The molecule has 0 saturated carbocycles. The first-order chi connectivity index (χ1) is 13.0. The quantitative estimate of drug-likeness (QED) is 0.449. The number of aryl methyl sites for hydroxylation is 1. The molecule has 2 aromatic carbocycles. The molecule has 2 rings (SSSR count). The van der Waals surface area contributed by atoms with Crippen LogP contribution in [0.3, 0.4) is 0 Å². The number of hydrogen-bond donors (Lipinski definition) is 1. The molecule has 0 aliphatic rings. The molecule has 150 valence electrons. The van der Waals surface area contributed by atoms with Gasteiger partial charge in [-0.2, -0.15) is 13.5 Å². The second kappa shape index (κ2) is 7.97. The molecule has 0 aromatic heterocycles. The Balaban J connectivity index is 2.29. The molecule has 2 aromatic rings. The lowest BCUT2D eigenvalue weighted by molar-refractivity contribution is -0.385. The van der Waals surface area contributed by atoms with Crippen molar-refractivity contribution in [3.05, 3.63) is 63.2 Å². The zero-order valence-electron chi connectivity index (χ0n) is 16.4. The number of nitro groups is 1. The summed E-state index contributed by atoms with van der Waals surface area (Å²) in [6, 6.07) is 9.49. The predicted molar refractivity (Wildman–Crippen MR) is 107 cm³/mol. The molecular weight excluding hydrogens is 382 g/mol. The average Bonchev–Trinajstić information content (AvgIpc) is 2.60. The van der Waals surface area contributed by atoms with Crippen LogP contribution < -0.4 is 9.57 Å². The standard InChI is InChI=1S/C19H23N3O5S/c1-13-6-8-15(19(2,3)4)11-18(13)28(25,26)21-20-12-14-7-9-17(27-5)16(10-14)22(23)24/h6-12,21H,1-5H3/b20-12+. The summed E-state index contributed by atoms with van der Waals surface area (Å²) in [4.78, 5) is 12.8. The van der Waals surface area contributed by atoms with Crippen molar-refractivity contribution >= 4 is 21.9 Å². The van der Waals surface area contributed by atoms with Crippen LogP contribution in [0.4, 0.5) is 5.69 Å². The van der Waals surface area contributed by atoms with Gasteiger partial charge in [0.1, 0.15) is 0 Å². The zero-order chi connectivity index (χ0) is 21.1. The topological polar surface area (TPSA) is 111 Å². The maximum atomic E-state index is 12.6. The Morgan fingerprint density at radius 3 is 2.43 bits per heavy atom. The highest BCUT2D eigenvalue weighted by molar-refractivity contribution is 7.89. The van der Waals surface area contributed by atoms with Gasteiger partial charge < -0.3 is 4.74 Å². The van der Waals surface area contributed by atoms with Crippen LogP contribution in [0.5, 0.6) is 5.75 Å². The number of methoxy groups -OCH3 is 1. The fraction of sp³-hybridized carbons (Fsp3) is 0.316. The lowest BCUT2D eigenvalue weighted by Crippen LogP contribution is -2.21. The highest BCUT2D eigenvalue weighted by atomic mass is 32.2. The van der Waals surface area contributed by atoms with Crippen LogP contribution in [0, 0.1) is 17.0 Å². The number of rotatable bonds is 6. The van der Waals surface area contributed by atoms with E-state index in [1.54, 1.807) is 19.1 Å². The summed E-state index contributed by atoms with van der Waals surface area (Å²) in [6.07, 6.45) is 1.20. The van der Waals surface area contributed by atoms with E-state index in [0.29, 0.717) is 11.1 Å². The van der Waals surface area contributed by atoms with Crippen molar-refractivity contribution < 1.29 is 18.1 Å². The number of nitro benzene ring substituents is 1. The lowest BCUT2D eigenvalue weighted by atomic mass is 9.87. The van der Waals surface area contributed by atoms with Gasteiger partial charge in [0.25, 0.3) is 10.0 Å². The first kappa shape index (κ1) is 21.4. The van der Waals surface area contributed by atoms with Crippen LogP contribution in [-0.4, -0.2) is 26.7 Å². The SMILES string of the molecule is COc1ccc(/C=N/NS(=O)(=O)c2cc(C(C)(C)C)ccc2C)cc1[N+](=O)[O-]. The van der Waals surface area contributed by atoms with Crippen molar-refractivity contribution in [1.29, 1.82) is 0 Å². The number of nitrogens with one attached hydrogen (secondary N) is 1. The minimum Gasteiger partial charge on any atom is -0.490 e. The molecule has 0 unspecified atom stereocenters. The minimum atomic E-state index is -3.89. The van der Waals surface area contributed by atoms with Crippen LogP contribution in [0.2, 0.25) is 0 Å². The van der Waals surface area contributed by atoms with Gasteiger partial charge in [-0.15, -0.1) is 0 Å². The molecular formula is C19H23N3O5S. The van der Waals surface area contributed by atoms with Gasteiger partial charge in [0, 0.05) is 11.6 Å². The van der Waals surface area contributed by atoms with E-state index < -0.39 is 14.9 Å². The summed E-state index contributed by atoms with van der Waals surface area (Å²) in [5, 5.41) is 14.8. The van der Waals surface area contributed by atoms with Crippen molar-refractivity contribution in [3.63, 3.8) is 0 Å². The highest BCUT2D eigenvalue weighted by Gasteiger charge is 2.21. The van der Waals surface area contributed by atoms with Gasteiger partial charge in [0.05, 0.1) is 23.1 Å². The summed E-state index contributed by atoms with van der Waals surface area (Å²) >= 11 is 0. The normalized spacial score (nSPS) is 12.2. The lowest BCUT2D eigenvalue weighted by Gasteiger charge is -2.20. The molecule has 8 nitrogen and oxygen atoms in total. The summed E-state index contributed by atoms with van der Waals surface area (Å²) in [6.45, 7) is 7.69. The monoisotopic (exact) mass is 405 g/mol. The second-order valence-corrected chi connectivity index (χ2v) is 8.90. The summed E-state index contributed by atoms with van der Waals surface area (Å²) in [5.74, 6) is 0.109. The fourth-order valence-electron chi connectivity index (χ4n) is 2.51. The van der Waals surface area contributed by atoms with E-state index >= 15 is 0 Å². The third-order valence-corrected chi connectivity index (χ3v) is 5.49. The largest absolute Gasteiger partial charge is 0.490 e. The molecule has 0 aliphatic heterocycles. The molecule has 0 radical (unpaired) electrons. The van der Waals surface area contributed by atoms with Gasteiger partial charge in [-0.05, 0) is 41.7 Å². The molecule has 0 heterocycles. The van der Waals surface area contributed by atoms with E-state index in [-0.39, 0.29) is 21.7 Å². The molecule has 0 bridgehead atoms. The van der Waals surface area contributed by atoms with Crippen LogP contribution >= 0.6 is 0 Å². The van der Waals surface area contributed by atoms with Gasteiger partial charge in [-0.3, -0.25) is 10.1 Å². The second-order valence-electron chi connectivity index (χ2n) is 7.27. The van der Waals surface area contributed by atoms with E-state index in [2.05, 4.69) is 9.93 Å². The minimum absolute atomic E-state index is 0.109. The molecule has 0 fully saturated rings. The first-order valence-electron chi connectivity index (χ1n) is 8.44. The maximum absolute atomic E-state index is 12.6. The maximum Gasteiger partial charge on any atom is 0.311 e. The predicted octanol–water partition coefficient (Wildman–Crippen LogP) is 3.52. The number of hydrazone groups is 1. The number of nitrogens with zero attached hydrogens (tertiary/aromatic N) is 2. The zero-order valence-corrected chi connectivity index (χ0v) is 17.2. The van der Waals surface area contributed by atoms with Crippen LogP contribution in [0.15, 0.2) is 46.4 Å². The van der Waals surface area contributed by atoms with E-state index in [9.17, 15) is 18.5 Å². The molecule has 0 spiro atoms. The Bertz CT molecular complexity index is 1020. The Labute approximate surface area is 164 Å². The van der Waals surface area contributed by atoms with E-state index in [0.717, 1.165) is 5.56 Å². The van der Waals surface area contributed by atoms with E-state index in [1.807, 2.05) is 26.8 Å². The van der Waals surface area contributed by atoms with Gasteiger partial charge >= 0.3 is 5.69 Å². The van der Waals surface area contributed by atoms with Gasteiger partial charge in [0.15, 0.2) is 5.75 Å². The molecule has 28 heavy (non-hydrogen) atoms. The van der Waals surface area contributed by atoms with Crippen LogP contribution in [0.1, 0.15) is 37.5 Å². The molecule has 0 atom stereocenters. The Morgan fingerprint density at radius 1 is 1.18 bits per heavy atom. The summed E-state index contributed by atoms with van der Waals surface area (Å²) in [7, 11) is -2.56. The van der Waals surface area contributed by atoms with Gasteiger partial charge in [-0.25, -0.2) is 4.83 Å². The van der Waals surface area contributed by atoms with Crippen molar-refractivity contribution in [2.75, 3.05) is 7.11 Å². The summed E-state index contributed by atoms with van der Waals surface area (Å²) < 4.78 is 30.2. The molecule has 9 heteroatoms. The first-order valence-corrected chi connectivity index (χ1v) is 9.92. The smallest absolute Gasteiger partial charge is 0.311 e. The Hall–Kier alpha value is -2.94. The average molecular weight is 405 g/mol. The molecule has 0 amide bonds. The van der Waals surface area contributed by atoms with Crippen LogP contribution in [0.25, 0.3) is 0 Å². The van der Waals surface area contributed by atoms with Gasteiger partial charge in [-0.1, -0.05) is 32.9 Å². The highest BCUT2D eigenvalue weighted by Crippen LogP contribution is 2.28. The van der Waals surface area contributed by atoms with Crippen molar-refractivity contribution in [3.8, 4) is 5.75 Å². The Morgan fingerprint density at radius 2 is 1.86 bits per heavy atom.